The van der Waals surface area contributed by atoms with Gasteiger partial charge in [0.1, 0.15) is 0 Å². The van der Waals surface area contributed by atoms with E-state index in [0.29, 0.717) is 12.3 Å². The maximum Gasteiger partial charge on any atom is 0.233 e. The number of amides is 2. The van der Waals surface area contributed by atoms with Crippen molar-refractivity contribution in [3.05, 3.63) is 24.3 Å². The number of carbonyl (C=O) groups is 2. The van der Waals surface area contributed by atoms with Gasteiger partial charge in [0.25, 0.3) is 0 Å². The largest absolute Gasteiger partial charge is 0.352 e. The third-order valence-corrected chi connectivity index (χ3v) is 5.27. The Labute approximate surface area is 145 Å². The minimum absolute atomic E-state index is 0.0385. The SMILES string of the molecule is CC(=O)NC1CCCN(C(=O)CSc2nc3ccccc3n2C)C1. The van der Waals surface area contributed by atoms with E-state index in [0.717, 1.165) is 35.6 Å². The summed E-state index contributed by atoms with van der Waals surface area (Å²) in [6, 6.07) is 8.02. The van der Waals surface area contributed by atoms with Crippen LogP contribution in [0.4, 0.5) is 0 Å². The molecule has 2 amide bonds. The van der Waals surface area contributed by atoms with Gasteiger partial charge in [-0.15, -0.1) is 0 Å². The quantitative estimate of drug-likeness (QED) is 0.857. The molecule has 0 spiro atoms. The van der Waals surface area contributed by atoms with E-state index >= 15 is 0 Å². The Bertz CT molecular complexity index is 758. The van der Waals surface area contributed by atoms with Crippen molar-refractivity contribution in [3.8, 4) is 0 Å². The van der Waals surface area contributed by atoms with Crippen LogP contribution in [0.3, 0.4) is 0 Å². The fraction of sp³-hybridized carbons (Fsp3) is 0.471. The molecule has 1 unspecified atom stereocenters. The predicted molar refractivity (Wildman–Crippen MR) is 94.9 cm³/mol. The van der Waals surface area contributed by atoms with Gasteiger partial charge in [-0.1, -0.05) is 23.9 Å². The van der Waals surface area contributed by atoms with Crippen LogP contribution in [-0.2, 0) is 16.6 Å². The summed E-state index contributed by atoms with van der Waals surface area (Å²) < 4.78 is 2.02. The number of hydrogen-bond acceptors (Lipinski definition) is 4. The van der Waals surface area contributed by atoms with Crippen molar-refractivity contribution >= 4 is 34.6 Å². The van der Waals surface area contributed by atoms with Gasteiger partial charge in [0.05, 0.1) is 16.8 Å². The number of likely N-dealkylation sites (tertiary alicyclic amines) is 1. The van der Waals surface area contributed by atoms with E-state index in [1.807, 2.05) is 40.8 Å². The van der Waals surface area contributed by atoms with E-state index in [2.05, 4.69) is 10.3 Å². The molecule has 3 rings (SSSR count). The highest BCUT2D eigenvalue weighted by Crippen LogP contribution is 2.23. The number of imidazole rings is 1. The van der Waals surface area contributed by atoms with E-state index < -0.39 is 0 Å². The second-order valence-corrected chi connectivity index (χ2v) is 7.05. The van der Waals surface area contributed by atoms with Gasteiger partial charge in [-0.3, -0.25) is 9.59 Å². The van der Waals surface area contributed by atoms with Gasteiger partial charge in [0, 0.05) is 33.1 Å². The van der Waals surface area contributed by atoms with Crippen molar-refractivity contribution in [2.75, 3.05) is 18.8 Å². The van der Waals surface area contributed by atoms with E-state index in [1.165, 1.54) is 18.7 Å². The molecule has 2 aromatic rings. The van der Waals surface area contributed by atoms with Gasteiger partial charge >= 0.3 is 0 Å². The lowest BCUT2D eigenvalue weighted by atomic mass is 10.1. The van der Waals surface area contributed by atoms with Crippen molar-refractivity contribution in [2.45, 2.75) is 31.0 Å². The molecule has 7 heteroatoms. The molecule has 6 nitrogen and oxygen atoms in total. The number of para-hydroxylation sites is 2. The second kappa shape index (κ2) is 7.25. The van der Waals surface area contributed by atoms with E-state index in [-0.39, 0.29) is 17.9 Å². The number of benzene rings is 1. The second-order valence-electron chi connectivity index (χ2n) is 6.11. The summed E-state index contributed by atoms with van der Waals surface area (Å²) in [7, 11) is 1.97. The standard InChI is InChI=1S/C17H22N4O2S/c1-12(22)18-13-6-5-9-21(10-13)16(23)11-24-17-19-14-7-3-4-8-15(14)20(17)2/h3-4,7-8,13H,5-6,9-11H2,1-2H3,(H,18,22). The molecular weight excluding hydrogens is 324 g/mol. The van der Waals surface area contributed by atoms with Crippen LogP contribution in [-0.4, -0.2) is 51.1 Å². The van der Waals surface area contributed by atoms with E-state index in [4.69, 9.17) is 0 Å². The van der Waals surface area contributed by atoms with Crippen LogP contribution in [0.5, 0.6) is 0 Å². The predicted octanol–water partition coefficient (Wildman–Crippen LogP) is 1.79. The topological polar surface area (TPSA) is 67.2 Å². The summed E-state index contributed by atoms with van der Waals surface area (Å²) in [5.41, 5.74) is 2.01. The molecule has 24 heavy (non-hydrogen) atoms. The van der Waals surface area contributed by atoms with E-state index in [9.17, 15) is 9.59 Å². The van der Waals surface area contributed by atoms with Gasteiger partial charge in [-0.05, 0) is 25.0 Å². The molecular formula is C17H22N4O2S. The molecule has 1 aliphatic heterocycles. The molecule has 1 N–H and O–H groups in total. The third kappa shape index (κ3) is 3.72. The minimum atomic E-state index is -0.0385. The lowest BCUT2D eigenvalue weighted by molar-refractivity contribution is -0.130. The summed E-state index contributed by atoms with van der Waals surface area (Å²) in [6.45, 7) is 2.88. The number of aryl methyl sites for hydroxylation is 1. The fourth-order valence-corrected chi connectivity index (χ4v) is 3.97. The molecule has 128 valence electrons. The van der Waals surface area contributed by atoms with Gasteiger partial charge < -0.3 is 14.8 Å². The summed E-state index contributed by atoms with van der Waals surface area (Å²) in [5.74, 6) is 0.426. The minimum Gasteiger partial charge on any atom is -0.352 e. The molecule has 1 saturated heterocycles. The average Bonchev–Trinajstić information content (AvgIpc) is 2.89. The smallest absolute Gasteiger partial charge is 0.233 e. The number of carbonyl (C=O) groups excluding carboxylic acids is 2. The number of piperidine rings is 1. The maximum absolute atomic E-state index is 12.5. The first-order chi connectivity index (χ1) is 11.5. The van der Waals surface area contributed by atoms with Gasteiger partial charge in [-0.25, -0.2) is 4.98 Å². The molecule has 0 radical (unpaired) electrons. The normalized spacial score (nSPS) is 17.9. The molecule has 2 heterocycles. The fourth-order valence-electron chi connectivity index (χ4n) is 3.08. The highest BCUT2D eigenvalue weighted by atomic mass is 32.2. The van der Waals surface area contributed by atoms with Crippen molar-refractivity contribution in [3.63, 3.8) is 0 Å². The zero-order chi connectivity index (χ0) is 17.1. The van der Waals surface area contributed by atoms with Gasteiger partial charge in [0.15, 0.2) is 5.16 Å². The number of aromatic nitrogens is 2. The number of fused-ring (bicyclic) bond motifs is 1. The molecule has 1 atom stereocenters. The van der Waals surface area contributed by atoms with Crippen molar-refractivity contribution in [1.29, 1.82) is 0 Å². The first-order valence-corrected chi connectivity index (χ1v) is 9.12. The lowest BCUT2D eigenvalue weighted by Crippen LogP contribution is -2.49. The molecule has 1 aromatic heterocycles. The zero-order valence-electron chi connectivity index (χ0n) is 14.0. The van der Waals surface area contributed by atoms with Crippen LogP contribution in [0.2, 0.25) is 0 Å². The Morgan fingerprint density at radius 1 is 1.38 bits per heavy atom. The highest BCUT2D eigenvalue weighted by Gasteiger charge is 2.24. The Morgan fingerprint density at radius 2 is 2.17 bits per heavy atom. The molecule has 1 aliphatic rings. The number of rotatable bonds is 4. The van der Waals surface area contributed by atoms with Crippen LogP contribution in [0.15, 0.2) is 29.4 Å². The first-order valence-electron chi connectivity index (χ1n) is 8.13. The molecule has 0 aliphatic carbocycles. The van der Waals surface area contributed by atoms with Gasteiger partial charge in [-0.2, -0.15) is 0 Å². The summed E-state index contributed by atoms with van der Waals surface area (Å²) in [5, 5.41) is 3.76. The zero-order valence-corrected chi connectivity index (χ0v) is 14.8. The monoisotopic (exact) mass is 346 g/mol. The number of hydrogen-bond donors (Lipinski definition) is 1. The van der Waals surface area contributed by atoms with E-state index in [1.54, 1.807) is 0 Å². The van der Waals surface area contributed by atoms with Crippen LogP contribution in [0.25, 0.3) is 11.0 Å². The summed E-state index contributed by atoms with van der Waals surface area (Å²) >= 11 is 1.46. The third-order valence-electron chi connectivity index (χ3n) is 4.25. The van der Waals surface area contributed by atoms with Crippen molar-refractivity contribution in [2.24, 2.45) is 7.05 Å². The average molecular weight is 346 g/mol. The molecule has 1 aromatic carbocycles. The van der Waals surface area contributed by atoms with Crippen LogP contribution in [0.1, 0.15) is 19.8 Å². The Morgan fingerprint density at radius 3 is 2.92 bits per heavy atom. The Hall–Kier alpha value is -2.02. The van der Waals surface area contributed by atoms with Crippen LogP contribution in [0, 0.1) is 0 Å². The molecule has 0 bridgehead atoms. The van der Waals surface area contributed by atoms with Gasteiger partial charge in [0.2, 0.25) is 11.8 Å². The molecule has 1 fully saturated rings. The lowest BCUT2D eigenvalue weighted by Gasteiger charge is -2.33. The van der Waals surface area contributed by atoms with Crippen molar-refractivity contribution < 1.29 is 9.59 Å². The van der Waals surface area contributed by atoms with Crippen molar-refractivity contribution in [1.82, 2.24) is 19.8 Å². The van der Waals surface area contributed by atoms with Crippen LogP contribution >= 0.6 is 11.8 Å². The number of thioether (sulfide) groups is 1. The maximum atomic E-state index is 12.5. The Balaban J connectivity index is 1.60. The van der Waals surface area contributed by atoms with Crippen LogP contribution < -0.4 is 5.32 Å². The first kappa shape index (κ1) is 16.8. The highest BCUT2D eigenvalue weighted by molar-refractivity contribution is 7.99. The summed E-state index contributed by atoms with van der Waals surface area (Å²) in [4.78, 5) is 30.1. The number of nitrogens with one attached hydrogen (secondary N) is 1. The molecule has 0 saturated carbocycles. The summed E-state index contributed by atoms with van der Waals surface area (Å²) in [6.07, 6.45) is 1.86. The Kier molecular flexibility index (Phi) is 5.08. The number of nitrogens with zero attached hydrogens (tertiary/aromatic N) is 3.